The average molecular weight is 522 g/mol. The Morgan fingerprint density at radius 2 is 1.58 bits per heavy atom. The zero-order chi connectivity index (χ0) is 25.5. The summed E-state index contributed by atoms with van der Waals surface area (Å²) in [5.41, 5.74) is 2.85. The van der Waals surface area contributed by atoms with Crippen LogP contribution in [0.2, 0.25) is 5.02 Å². The van der Waals surface area contributed by atoms with Gasteiger partial charge >= 0.3 is 0 Å². The first-order valence-electron chi connectivity index (χ1n) is 11.8. The summed E-state index contributed by atoms with van der Waals surface area (Å²) in [5.74, 6) is 0.311. The Bertz CT molecular complexity index is 1200. The van der Waals surface area contributed by atoms with Crippen molar-refractivity contribution in [3.63, 3.8) is 0 Å². The molecule has 186 valence electrons. The summed E-state index contributed by atoms with van der Waals surface area (Å²) in [7, 11) is 1.59. The molecule has 1 saturated heterocycles. The van der Waals surface area contributed by atoms with E-state index >= 15 is 0 Å². The fourth-order valence-electron chi connectivity index (χ4n) is 4.20. The van der Waals surface area contributed by atoms with Crippen molar-refractivity contribution in [1.29, 1.82) is 0 Å². The molecule has 1 aliphatic rings. The first-order chi connectivity index (χ1) is 17.4. The van der Waals surface area contributed by atoms with Crippen LogP contribution in [-0.2, 0) is 22.4 Å². The molecule has 4 rings (SSSR count). The van der Waals surface area contributed by atoms with Gasteiger partial charge in [-0.15, -0.1) is 0 Å². The third kappa shape index (κ3) is 6.42. The molecule has 0 saturated carbocycles. The van der Waals surface area contributed by atoms with Gasteiger partial charge in [-0.2, -0.15) is 0 Å². The number of halogens is 1. The lowest BCUT2D eigenvalue weighted by atomic mass is 10.1. The Hall–Kier alpha value is -3.42. The van der Waals surface area contributed by atoms with Crippen LogP contribution in [0, 0.1) is 0 Å². The molecule has 1 aliphatic heterocycles. The van der Waals surface area contributed by atoms with E-state index < -0.39 is 6.04 Å². The second-order valence-corrected chi connectivity index (χ2v) is 9.38. The van der Waals surface area contributed by atoms with E-state index in [1.54, 1.807) is 36.3 Å². The lowest BCUT2D eigenvalue weighted by Crippen LogP contribution is -2.39. The maximum atomic E-state index is 13.5. The van der Waals surface area contributed by atoms with Gasteiger partial charge < -0.3 is 15.0 Å². The molecule has 0 bridgehead atoms. The minimum atomic E-state index is -0.654. The van der Waals surface area contributed by atoms with Crippen LogP contribution in [0.15, 0.2) is 78.9 Å². The van der Waals surface area contributed by atoms with E-state index in [4.69, 9.17) is 28.6 Å². The predicted molar refractivity (Wildman–Crippen MR) is 146 cm³/mol. The molecule has 0 spiro atoms. The van der Waals surface area contributed by atoms with Gasteiger partial charge in [0.1, 0.15) is 11.8 Å². The third-order valence-corrected chi connectivity index (χ3v) is 6.88. The lowest BCUT2D eigenvalue weighted by molar-refractivity contribution is -0.130. The number of anilines is 1. The number of amides is 2. The number of hydrogen-bond acceptors (Lipinski definition) is 4. The molecule has 6 nitrogen and oxygen atoms in total. The first kappa shape index (κ1) is 25.7. The molecule has 3 aromatic rings. The van der Waals surface area contributed by atoms with Crippen LogP contribution in [0.1, 0.15) is 17.5 Å². The van der Waals surface area contributed by atoms with Crippen molar-refractivity contribution in [2.75, 3.05) is 25.5 Å². The summed E-state index contributed by atoms with van der Waals surface area (Å²) in [6, 6.07) is 24.0. The van der Waals surface area contributed by atoms with E-state index in [2.05, 4.69) is 5.32 Å². The quantitative estimate of drug-likeness (QED) is 0.382. The highest BCUT2D eigenvalue weighted by atomic mass is 35.5. The molecule has 36 heavy (non-hydrogen) atoms. The average Bonchev–Trinajstić information content (AvgIpc) is 3.11. The smallest absolute Gasteiger partial charge is 0.252 e. The highest BCUT2D eigenvalue weighted by Crippen LogP contribution is 2.23. The maximum absolute atomic E-state index is 13.5. The molecule has 1 fully saturated rings. The molecule has 1 N–H and O–H groups in total. The zero-order valence-corrected chi connectivity index (χ0v) is 21.6. The largest absolute Gasteiger partial charge is 0.497 e. The number of hydrogen-bond donors (Lipinski definition) is 1. The summed E-state index contributed by atoms with van der Waals surface area (Å²) < 4.78 is 5.17. The van der Waals surface area contributed by atoms with E-state index in [0.29, 0.717) is 47.5 Å². The van der Waals surface area contributed by atoms with Gasteiger partial charge in [0, 0.05) is 23.8 Å². The summed E-state index contributed by atoms with van der Waals surface area (Å²) in [5, 5.41) is 4.02. The van der Waals surface area contributed by atoms with Crippen molar-refractivity contribution < 1.29 is 14.3 Å². The summed E-state index contributed by atoms with van der Waals surface area (Å²) >= 11 is 11.8. The molecule has 1 heterocycles. The summed E-state index contributed by atoms with van der Waals surface area (Å²) in [6.45, 7) is 0.990. The van der Waals surface area contributed by atoms with Gasteiger partial charge in [0.05, 0.1) is 13.5 Å². The number of carbonyl (C=O) groups is 2. The van der Waals surface area contributed by atoms with Gasteiger partial charge in [-0.3, -0.25) is 14.5 Å². The van der Waals surface area contributed by atoms with E-state index in [0.717, 1.165) is 11.1 Å². The van der Waals surface area contributed by atoms with E-state index in [1.165, 1.54) is 0 Å². The maximum Gasteiger partial charge on any atom is 0.252 e. The highest BCUT2D eigenvalue weighted by molar-refractivity contribution is 7.80. The van der Waals surface area contributed by atoms with Gasteiger partial charge in [0.25, 0.3) is 5.91 Å². The van der Waals surface area contributed by atoms with Crippen LogP contribution >= 0.6 is 23.8 Å². The fraction of sp³-hybridized carbons (Fsp3) is 0.250. The monoisotopic (exact) mass is 521 g/mol. The normalized spacial score (nSPS) is 15.3. The van der Waals surface area contributed by atoms with Crippen LogP contribution in [0.3, 0.4) is 0 Å². The number of benzene rings is 3. The van der Waals surface area contributed by atoms with Crippen LogP contribution < -0.4 is 10.1 Å². The standard InChI is InChI=1S/C28H28ClN3O3S/c1-35-24-13-11-23(12-14-24)30-26(33)19-25-27(34)32(18-16-20-5-3-2-4-6-20)28(36)31(25)17-15-21-7-9-22(29)10-8-21/h2-14,25H,15-19H2,1H3,(H,30,33). The van der Waals surface area contributed by atoms with Gasteiger partial charge in [0.2, 0.25) is 5.91 Å². The number of rotatable bonds is 10. The number of nitrogens with zero attached hydrogens (tertiary/aromatic N) is 2. The van der Waals surface area contributed by atoms with E-state index in [9.17, 15) is 9.59 Å². The van der Waals surface area contributed by atoms with E-state index in [1.807, 2.05) is 59.5 Å². The molecule has 0 aromatic heterocycles. The highest BCUT2D eigenvalue weighted by Gasteiger charge is 2.42. The topological polar surface area (TPSA) is 61.9 Å². The molecule has 1 atom stereocenters. The van der Waals surface area contributed by atoms with E-state index in [-0.39, 0.29) is 18.2 Å². The molecule has 8 heteroatoms. The SMILES string of the molecule is COc1ccc(NC(=O)CC2C(=O)N(CCc3ccccc3)C(=S)N2CCc2ccc(Cl)cc2)cc1. The fourth-order valence-corrected chi connectivity index (χ4v) is 4.72. The van der Waals surface area contributed by atoms with Crippen LogP contribution in [0.4, 0.5) is 5.69 Å². The van der Waals surface area contributed by atoms with Gasteiger partial charge in [-0.25, -0.2) is 0 Å². The van der Waals surface area contributed by atoms with Crippen LogP contribution in [0.5, 0.6) is 5.75 Å². The second kappa shape index (κ2) is 12.0. The first-order valence-corrected chi connectivity index (χ1v) is 12.6. The number of thiocarbonyl (C=S) groups is 1. The molecule has 2 amide bonds. The number of carbonyl (C=O) groups excluding carboxylic acids is 2. The van der Waals surface area contributed by atoms with Crippen LogP contribution in [0.25, 0.3) is 0 Å². The zero-order valence-electron chi connectivity index (χ0n) is 20.0. The van der Waals surface area contributed by atoms with Crippen molar-refractivity contribution in [2.45, 2.75) is 25.3 Å². The molecular formula is C28H28ClN3O3S. The summed E-state index contributed by atoms with van der Waals surface area (Å²) in [4.78, 5) is 29.9. The van der Waals surface area contributed by atoms with Crippen molar-refractivity contribution in [3.8, 4) is 5.75 Å². The van der Waals surface area contributed by atoms with Crippen molar-refractivity contribution in [2.24, 2.45) is 0 Å². The number of methoxy groups -OCH3 is 1. The number of ether oxygens (including phenoxy) is 1. The molecule has 1 unspecified atom stereocenters. The van der Waals surface area contributed by atoms with Gasteiger partial charge in [-0.1, -0.05) is 54.1 Å². The predicted octanol–water partition coefficient (Wildman–Crippen LogP) is 4.96. The summed E-state index contributed by atoms with van der Waals surface area (Å²) in [6.07, 6.45) is 1.36. The minimum Gasteiger partial charge on any atom is -0.497 e. The Morgan fingerprint density at radius 3 is 2.25 bits per heavy atom. The minimum absolute atomic E-state index is 0.00740. The van der Waals surface area contributed by atoms with Gasteiger partial charge in [0.15, 0.2) is 5.11 Å². The van der Waals surface area contributed by atoms with Crippen molar-refractivity contribution in [3.05, 3.63) is 95.0 Å². The molecule has 0 aliphatic carbocycles. The Morgan fingerprint density at radius 1 is 0.944 bits per heavy atom. The Balaban J connectivity index is 1.47. The lowest BCUT2D eigenvalue weighted by Gasteiger charge is -2.24. The van der Waals surface area contributed by atoms with Crippen molar-refractivity contribution >= 4 is 46.4 Å². The molecular weight excluding hydrogens is 494 g/mol. The third-order valence-electron chi connectivity index (χ3n) is 6.18. The Labute approximate surface area is 221 Å². The molecule has 3 aromatic carbocycles. The second-order valence-electron chi connectivity index (χ2n) is 8.57. The van der Waals surface area contributed by atoms with Crippen molar-refractivity contribution in [1.82, 2.24) is 9.80 Å². The Kier molecular flexibility index (Phi) is 8.57. The van der Waals surface area contributed by atoms with Gasteiger partial charge in [-0.05, 0) is 72.6 Å². The number of nitrogens with one attached hydrogen (secondary N) is 1. The van der Waals surface area contributed by atoms with Crippen LogP contribution in [-0.4, -0.2) is 53.0 Å². The molecule has 0 radical (unpaired) electrons.